The molecule has 9 nitrogen and oxygen atoms in total. The van der Waals surface area contributed by atoms with Crippen molar-refractivity contribution < 1.29 is 23.9 Å². The number of benzene rings is 1. The van der Waals surface area contributed by atoms with Gasteiger partial charge < -0.3 is 26.0 Å². The highest BCUT2D eigenvalue weighted by Crippen LogP contribution is 2.27. The number of nitrogens with two attached hydrogens (primary N) is 1. The summed E-state index contributed by atoms with van der Waals surface area (Å²) in [7, 11) is 0. The van der Waals surface area contributed by atoms with Crippen molar-refractivity contribution in [2.75, 3.05) is 13.1 Å². The van der Waals surface area contributed by atoms with Crippen LogP contribution in [0.5, 0.6) is 0 Å². The van der Waals surface area contributed by atoms with Crippen LogP contribution in [0.15, 0.2) is 18.2 Å². The van der Waals surface area contributed by atoms with E-state index in [0.717, 1.165) is 36.0 Å². The van der Waals surface area contributed by atoms with Crippen molar-refractivity contribution in [3.05, 3.63) is 34.9 Å². The van der Waals surface area contributed by atoms with Gasteiger partial charge in [-0.15, -0.1) is 0 Å². The van der Waals surface area contributed by atoms with E-state index >= 15 is 0 Å². The van der Waals surface area contributed by atoms with Gasteiger partial charge in [-0.3, -0.25) is 14.4 Å². The van der Waals surface area contributed by atoms with E-state index in [9.17, 15) is 19.2 Å². The molecule has 0 radical (unpaired) electrons. The van der Waals surface area contributed by atoms with E-state index in [1.165, 1.54) is 4.90 Å². The molecule has 208 valence electrons. The molecule has 0 bridgehead atoms. The number of hydrogen-bond donors (Lipinski definition) is 3. The van der Waals surface area contributed by atoms with Crippen LogP contribution in [0.3, 0.4) is 0 Å². The first kappa shape index (κ1) is 31.9. The molecule has 0 spiro atoms. The zero-order valence-corrected chi connectivity index (χ0v) is 23.6. The second-order valence-corrected chi connectivity index (χ2v) is 10.5. The molecule has 0 heterocycles. The Hall–Kier alpha value is -3.10. The molecule has 0 aliphatic rings. The SMILES string of the molecule is CCCCNC(=O)C(c1ccc(C)cc1C)N(CCCC)C(=O)C(CCC(N)=O)NC(=O)OC(C)(C)C. The van der Waals surface area contributed by atoms with Crippen LogP contribution in [0.2, 0.25) is 0 Å². The minimum absolute atomic E-state index is 0.00686. The fourth-order valence-electron chi connectivity index (χ4n) is 3.96. The maximum Gasteiger partial charge on any atom is 0.408 e. The minimum atomic E-state index is -1.09. The summed E-state index contributed by atoms with van der Waals surface area (Å²) in [6.07, 6.45) is 2.30. The van der Waals surface area contributed by atoms with Crippen molar-refractivity contribution in [3.63, 3.8) is 0 Å². The largest absolute Gasteiger partial charge is 0.444 e. The number of carbonyl (C=O) groups is 4. The molecule has 1 aromatic rings. The molecule has 1 rings (SSSR count). The Morgan fingerprint density at radius 3 is 2.24 bits per heavy atom. The zero-order valence-electron chi connectivity index (χ0n) is 23.6. The summed E-state index contributed by atoms with van der Waals surface area (Å²) in [4.78, 5) is 53.3. The molecule has 2 atom stereocenters. The molecule has 37 heavy (non-hydrogen) atoms. The number of nitrogens with zero attached hydrogens (tertiary/aromatic N) is 1. The lowest BCUT2D eigenvalue weighted by Gasteiger charge is -2.35. The summed E-state index contributed by atoms with van der Waals surface area (Å²) in [5.74, 6) is -1.33. The highest BCUT2D eigenvalue weighted by Gasteiger charge is 2.36. The van der Waals surface area contributed by atoms with E-state index in [2.05, 4.69) is 10.6 Å². The molecule has 0 fully saturated rings. The summed E-state index contributed by atoms with van der Waals surface area (Å²) in [6.45, 7) is 13.9. The maximum absolute atomic E-state index is 14.0. The van der Waals surface area contributed by atoms with Crippen LogP contribution >= 0.6 is 0 Å². The number of alkyl carbamates (subject to hydrolysis) is 1. The highest BCUT2D eigenvalue weighted by atomic mass is 16.6. The Kier molecular flexibility index (Phi) is 13.1. The van der Waals surface area contributed by atoms with E-state index in [-0.39, 0.29) is 18.7 Å². The van der Waals surface area contributed by atoms with Crippen LogP contribution < -0.4 is 16.4 Å². The maximum atomic E-state index is 14.0. The fraction of sp³-hybridized carbons (Fsp3) is 0.643. The van der Waals surface area contributed by atoms with Gasteiger partial charge in [-0.2, -0.15) is 0 Å². The average molecular weight is 519 g/mol. The van der Waals surface area contributed by atoms with Crippen molar-refractivity contribution in [2.45, 2.75) is 105 Å². The van der Waals surface area contributed by atoms with Crippen LogP contribution in [-0.2, 0) is 19.1 Å². The predicted molar refractivity (Wildman–Crippen MR) is 145 cm³/mol. The van der Waals surface area contributed by atoms with E-state index in [1.54, 1.807) is 20.8 Å². The smallest absolute Gasteiger partial charge is 0.408 e. The summed E-state index contributed by atoms with van der Waals surface area (Å²) >= 11 is 0. The van der Waals surface area contributed by atoms with Crippen LogP contribution in [0.1, 0.15) is 95.9 Å². The lowest BCUT2D eigenvalue weighted by atomic mass is 9.95. The minimum Gasteiger partial charge on any atom is -0.444 e. The van der Waals surface area contributed by atoms with E-state index in [4.69, 9.17) is 10.5 Å². The third-order valence-corrected chi connectivity index (χ3v) is 5.81. The topological polar surface area (TPSA) is 131 Å². The normalized spacial score (nSPS) is 12.8. The fourth-order valence-corrected chi connectivity index (χ4v) is 3.96. The van der Waals surface area contributed by atoms with Crippen molar-refractivity contribution in [3.8, 4) is 0 Å². The number of primary amides is 1. The molecule has 1 aromatic carbocycles. The van der Waals surface area contributed by atoms with E-state index in [0.29, 0.717) is 19.5 Å². The molecule has 2 unspecified atom stereocenters. The number of amides is 4. The van der Waals surface area contributed by atoms with Gasteiger partial charge in [-0.1, -0.05) is 50.5 Å². The van der Waals surface area contributed by atoms with Gasteiger partial charge in [0.25, 0.3) is 0 Å². The number of aryl methyl sites for hydroxylation is 2. The lowest BCUT2D eigenvalue weighted by molar-refractivity contribution is -0.142. The zero-order chi connectivity index (χ0) is 28.2. The van der Waals surface area contributed by atoms with Crippen molar-refractivity contribution in [1.82, 2.24) is 15.5 Å². The van der Waals surface area contributed by atoms with Gasteiger partial charge >= 0.3 is 6.09 Å². The average Bonchev–Trinajstić information content (AvgIpc) is 2.78. The van der Waals surface area contributed by atoms with Gasteiger partial charge in [-0.25, -0.2) is 4.79 Å². The molecule has 0 aliphatic carbocycles. The summed E-state index contributed by atoms with van der Waals surface area (Å²) in [5, 5.41) is 5.59. The first-order valence-electron chi connectivity index (χ1n) is 13.2. The van der Waals surface area contributed by atoms with Gasteiger partial charge in [0, 0.05) is 19.5 Å². The number of nitrogens with one attached hydrogen (secondary N) is 2. The Bertz CT molecular complexity index is 926. The number of carbonyl (C=O) groups excluding carboxylic acids is 4. The van der Waals surface area contributed by atoms with Crippen molar-refractivity contribution in [2.24, 2.45) is 5.73 Å². The van der Waals surface area contributed by atoms with Gasteiger partial charge in [-0.05, 0) is 65.0 Å². The number of hydrogen-bond acceptors (Lipinski definition) is 5. The van der Waals surface area contributed by atoms with Gasteiger partial charge in [0.1, 0.15) is 17.7 Å². The monoisotopic (exact) mass is 518 g/mol. The van der Waals surface area contributed by atoms with Gasteiger partial charge in [0.05, 0.1) is 0 Å². The van der Waals surface area contributed by atoms with Crippen LogP contribution in [-0.4, -0.2) is 53.4 Å². The van der Waals surface area contributed by atoms with Crippen molar-refractivity contribution >= 4 is 23.8 Å². The molecule has 0 aromatic heterocycles. The Balaban J connectivity index is 3.50. The molecule has 4 amide bonds. The first-order valence-corrected chi connectivity index (χ1v) is 13.2. The second-order valence-electron chi connectivity index (χ2n) is 10.5. The van der Waals surface area contributed by atoms with Gasteiger partial charge in [0.2, 0.25) is 17.7 Å². The molecule has 0 aliphatic heterocycles. The van der Waals surface area contributed by atoms with Crippen molar-refractivity contribution in [1.29, 1.82) is 0 Å². The van der Waals surface area contributed by atoms with Crippen LogP contribution in [0.4, 0.5) is 4.79 Å². The molecule has 0 saturated carbocycles. The highest BCUT2D eigenvalue weighted by molar-refractivity contribution is 5.92. The lowest BCUT2D eigenvalue weighted by Crippen LogP contribution is -2.53. The summed E-state index contributed by atoms with van der Waals surface area (Å²) in [5.41, 5.74) is 7.24. The van der Waals surface area contributed by atoms with Crippen LogP contribution in [0.25, 0.3) is 0 Å². The van der Waals surface area contributed by atoms with Crippen LogP contribution in [0, 0.1) is 13.8 Å². The van der Waals surface area contributed by atoms with E-state index < -0.39 is 35.6 Å². The Morgan fingerprint density at radius 1 is 1.05 bits per heavy atom. The second kappa shape index (κ2) is 15.2. The quantitative estimate of drug-likeness (QED) is 0.320. The molecule has 9 heteroatoms. The first-order chi connectivity index (χ1) is 17.3. The Morgan fingerprint density at radius 2 is 1.70 bits per heavy atom. The van der Waals surface area contributed by atoms with E-state index in [1.807, 2.05) is 45.9 Å². The van der Waals surface area contributed by atoms with Gasteiger partial charge in [0.15, 0.2) is 0 Å². The molecular weight excluding hydrogens is 472 g/mol. The number of rotatable bonds is 14. The third-order valence-electron chi connectivity index (χ3n) is 5.81. The predicted octanol–water partition coefficient (Wildman–Crippen LogP) is 4.05. The Labute approximate surface area is 221 Å². The third kappa shape index (κ3) is 11.2. The summed E-state index contributed by atoms with van der Waals surface area (Å²) < 4.78 is 5.36. The molecule has 0 saturated heterocycles. The molecular formula is C28H46N4O5. The summed E-state index contributed by atoms with van der Waals surface area (Å²) in [6, 6.07) is 3.79. The standard InChI is InChI=1S/C28H46N4O5/c1-8-10-16-30-25(34)24(21-13-12-19(3)18-20(21)4)32(17-11-9-2)26(35)22(14-15-23(29)33)31-27(36)37-28(5,6)7/h12-13,18,22,24H,8-11,14-17H2,1-7H3,(H2,29,33)(H,30,34)(H,31,36). The number of unbranched alkanes of at least 4 members (excludes halogenated alkanes) is 2. The molecule has 4 N–H and O–H groups in total. The number of ether oxygens (including phenoxy) is 1.